The second kappa shape index (κ2) is 17.9. The van der Waals surface area contributed by atoms with Crippen LogP contribution in [0.1, 0.15) is 80.7 Å². The van der Waals surface area contributed by atoms with E-state index in [2.05, 4.69) is 0 Å². The van der Waals surface area contributed by atoms with Crippen LogP contribution >= 0.6 is 0 Å². The van der Waals surface area contributed by atoms with Crippen LogP contribution in [0.5, 0.6) is 0 Å². The van der Waals surface area contributed by atoms with E-state index in [1.165, 1.54) is 45.9 Å². The minimum absolute atomic E-state index is 0.108. The summed E-state index contributed by atoms with van der Waals surface area (Å²) in [5, 5.41) is 10.8. The summed E-state index contributed by atoms with van der Waals surface area (Å²) in [4.78, 5) is 76.5. The number of hydrogen-bond donors (Lipinski definition) is 1. The standard InChI is InChI=1S/C39H48O13/c1-21-31(47-23(3)41)18-30-34(49-25(5)43)17-29(20-40)33(52-35(46)16-15-28-13-11-10-12-14-28)19-32(48-24(4)42)22(2)37(50-26(6)44)38(51-27(7)45)36(21)39(30,8)9/h10-17,30-34,38,40H,18-20H2,1-9H3/b16-15+,29-17+,37-22?/t30-,31-,32-,33-,34-,38+/m0/s1. The second-order valence-corrected chi connectivity index (χ2v) is 13.4. The average Bonchev–Trinajstić information content (AvgIpc) is 3.03. The summed E-state index contributed by atoms with van der Waals surface area (Å²) in [5.74, 6) is -5.29. The van der Waals surface area contributed by atoms with E-state index in [1.807, 2.05) is 19.9 Å². The van der Waals surface area contributed by atoms with Crippen LogP contribution in [0.3, 0.4) is 0 Å². The van der Waals surface area contributed by atoms with Gasteiger partial charge < -0.3 is 33.5 Å². The highest BCUT2D eigenvalue weighted by Gasteiger charge is 2.51. The summed E-state index contributed by atoms with van der Waals surface area (Å²) >= 11 is 0. The quantitative estimate of drug-likeness (QED) is 0.158. The number of carbonyl (C=O) groups excluding carboxylic acids is 6. The minimum atomic E-state index is -1.43. The highest BCUT2D eigenvalue weighted by molar-refractivity contribution is 5.87. The highest BCUT2D eigenvalue weighted by atomic mass is 16.6. The van der Waals surface area contributed by atoms with E-state index in [4.69, 9.17) is 28.4 Å². The normalized spacial score (nSPS) is 25.8. The zero-order valence-corrected chi connectivity index (χ0v) is 31.1. The number of aliphatic hydroxyl groups is 1. The highest BCUT2D eigenvalue weighted by Crippen LogP contribution is 2.52. The summed E-state index contributed by atoms with van der Waals surface area (Å²) in [7, 11) is 0. The number of benzene rings is 1. The molecule has 0 saturated heterocycles. The molecule has 0 aromatic heterocycles. The fourth-order valence-corrected chi connectivity index (χ4v) is 6.86. The molecule has 3 rings (SSSR count). The zero-order chi connectivity index (χ0) is 38.9. The first-order chi connectivity index (χ1) is 24.3. The molecule has 13 nitrogen and oxygen atoms in total. The summed E-state index contributed by atoms with van der Waals surface area (Å²) in [5.41, 5.74) is 0.751. The Morgan fingerprint density at radius 3 is 1.81 bits per heavy atom. The van der Waals surface area contributed by atoms with Crippen LogP contribution < -0.4 is 0 Å². The van der Waals surface area contributed by atoms with Crippen molar-refractivity contribution in [2.75, 3.05) is 6.61 Å². The zero-order valence-electron chi connectivity index (χ0n) is 31.1. The summed E-state index contributed by atoms with van der Waals surface area (Å²) < 4.78 is 35.0. The Bertz CT molecular complexity index is 1660. The van der Waals surface area contributed by atoms with Crippen LogP contribution in [0.2, 0.25) is 0 Å². The fraction of sp³-hybridized carbons (Fsp3) is 0.487. The van der Waals surface area contributed by atoms with Crippen LogP contribution in [0.25, 0.3) is 6.08 Å². The van der Waals surface area contributed by atoms with Crippen molar-refractivity contribution < 1.29 is 62.3 Å². The van der Waals surface area contributed by atoms with E-state index in [1.54, 1.807) is 31.2 Å². The van der Waals surface area contributed by atoms with Gasteiger partial charge in [0.25, 0.3) is 0 Å². The Kier molecular flexibility index (Phi) is 14.3. The number of carbonyl (C=O) groups is 6. The molecule has 0 radical (unpaired) electrons. The van der Waals surface area contributed by atoms with Crippen molar-refractivity contribution >= 4 is 41.9 Å². The van der Waals surface area contributed by atoms with Crippen LogP contribution in [-0.4, -0.2) is 78.0 Å². The van der Waals surface area contributed by atoms with Crippen molar-refractivity contribution in [3.05, 3.63) is 76.1 Å². The largest absolute Gasteiger partial charge is 0.458 e. The van der Waals surface area contributed by atoms with Gasteiger partial charge in [0.2, 0.25) is 0 Å². The molecule has 1 aromatic carbocycles. The molecule has 0 heterocycles. The van der Waals surface area contributed by atoms with E-state index in [0.717, 1.165) is 13.8 Å². The molecule has 0 amide bonds. The number of rotatable bonds is 9. The van der Waals surface area contributed by atoms with Gasteiger partial charge in [-0.05, 0) is 60.1 Å². The Morgan fingerprint density at radius 1 is 0.731 bits per heavy atom. The van der Waals surface area contributed by atoms with Crippen LogP contribution in [-0.2, 0) is 57.2 Å². The molecular weight excluding hydrogens is 676 g/mol. The maximum atomic E-state index is 13.3. The SMILES string of the molecule is CC(=O)OC1=C(C)[C@@H](OC(C)=O)C[C@H](OC(=O)/C=C/c2ccccc2)/C(CO)=C/[C@H](OC(C)=O)[C@@H]2C[C@H](OC(C)=O)C(C)=C([C@H]1OC(C)=O)C2(C)C. The molecule has 2 aliphatic carbocycles. The lowest BCUT2D eigenvalue weighted by atomic mass is 9.60. The van der Waals surface area contributed by atoms with Gasteiger partial charge in [0.1, 0.15) is 24.4 Å². The Morgan fingerprint density at radius 2 is 1.29 bits per heavy atom. The summed E-state index contributed by atoms with van der Waals surface area (Å²) in [6.07, 6.45) is -2.03. The molecule has 0 saturated carbocycles. The van der Waals surface area contributed by atoms with Gasteiger partial charge >= 0.3 is 35.8 Å². The van der Waals surface area contributed by atoms with Gasteiger partial charge in [-0.3, -0.25) is 24.0 Å². The summed E-state index contributed by atoms with van der Waals surface area (Å²) in [6, 6.07) is 8.97. The van der Waals surface area contributed by atoms with Gasteiger partial charge in [0.15, 0.2) is 11.9 Å². The fourth-order valence-electron chi connectivity index (χ4n) is 6.86. The van der Waals surface area contributed by atoms with E-state index in [0.29, 0.717) is 16.7 Å². The third-order valence-electron chi connectivity index (χ3n) is 9.09. The molecule has 2 aliphatic rings. The number of hydrogen-bond acceptors (Lipinski definition) is 13. The lowest BCUT2D eigenvalue weighted by Crippen LogP contribution is -2.49. The van der Waals surface area contributed by atoms with Gasteiger partial charge in [-0.15, -0.1) is 0 Å². The molecule has 2 bridgehead atoms. The molecule has 6 atom stereocenters. The first-order valence-corrected chi connectivity index (χ1v) is 16.9. The molecule has 1 N–H and O–H groups in total. The predicted octanol–water partition coefficient (Wildman–Crippen LogP) is 4.86. The molecule has 0 unspecified atom stereocenters. The van der Waals surface area contributed by atoms with E-state index < -0.39 is 84.3 Å². The average molecular weight is 725 g/mol. The molecule has 0 fully saturated rings. The lowest BCUT2D eigenvalue weighted by molar-refractivity contribution is -0.156. The minimum Gasteiger partial charge on any atom is -0.458 e. The number of aliphatic hydroxyl groups excluding tert-OH is 1. The van der Waals surface area contributed by atoms with Crippen molar-refractivity contribution in [1.82, 2.24) is 0 Å². The van der Waals surface area contributed by atoms with Crippen molar-refractivity contribution in [2.45, 2.75) is 106 Å². The van der Waals surface area contributed by atoms with Crippen LogP contribution in [0.4, 0.5) is 0 Å². The Labute approximate surface area is 303 Å². The van der Waals surface area contributed by atoms with E-state index >= 15 is 0 Å². The lowest BCUT2D eigenvalue weighted by Gasteiger charge is -2.48. The third-order valence-corrected chi connectivity index (χ3v) is 9.09. The van der Waals surface area contributed by atoms with Crippen molar-refractivity contribution in [2.24, 2.45) is 11.3 Å². The number of fused-ring (bicyclic) bond motifs is 2. The molecular formula is C39H48O13. The monoisotopic (exact) mass is 724 g/mol. The van der Waals surface area contributed by atoms with E-state index in [-0.39, 0.29) is 29.7 Å². The molecule has 282 valence electrons. The van der Waals surface area contributed by atoms with Gasteiger partial charge in [-0.1, -0.05) is 44.2 Å². The molecule has 0 aliphatic heterocycles. The predicted molar refractivity (Wildman–Crippen MR) is 186 cm³/mol. The van der Waals surface area contributed by atoms with Crippen LogP contribution in [0, 0.1) is 11.3 Å². The molecule has 13 heteroatoms. The van der Waals surface area contributed by atoms with Gasteiger partial charge in [-0.2, -0.15) is 0 Å². The van der Waals surface area contributed by atoms with Gasteiger partial charge in [0.05, 0.1) is 6.61 Å². The molecule has 1 aromatic rings. The van der Waals surface area contributed by atoms with Crippen molar-refractivity contribution in [1.29, 1.82) is 0 Å². The molecule has 0 spiro atoms. The maximum Gasteiger partial charge on any atom is 0.331 e. The van der Waals surface area contributed by atoms with E-state index in [9.17, 15) is 33.9 Å². The Balaban J connectivity index is 2.45. The Hall–Kier alpha value is -5.04. The van der Waals surface area contributed by atoms with Crippen LogP contribution in [0.15, 0.2) is 70.5 Å². The van der Waals surface area contributed by atoms with Crippen molar-refractivity contribution in [3.8, 4) is 0 Å². The van der Waals surface area contributed by atoms with Gasteiger partial charge in [0, 0.05) is 58.6 Å². The van der Waals surface area contributed by atoms with Gasteiger partial charge in [-0.25, -0.2) is 4.79 Å². The topological polar surface area (TPSA) is 178 Å². The summed E-state index contributed by atoms with van der Waals surface area (Å²) in [6.45, 7) is 12.1. The third kappa shape index (κ3) is 10.7. The number of esters is 6. The smallest absolute Gasteiger partial charge is 0.331 e. The first kappa shape index (κ1) is 41.4. The van der Waals surface area contributed by atoms with Crippen molar-refractivity contribution in [3.63, 3.8) is 0 Å². The first-order valence-electron chi connectivity index (χ1n) is 16.9. The number of ether oxygens (including phenoxy) is 6. The molecule has 52 heavy (non-hydrogen) atoms. The second-order valence-electron chi connectivity index (χ2n) is 13.4. The maximum absolute atomic E-state index is 13.3.